The summed E-state index contributed by atoms with van der Waals surface area (Å²) in [5.74, 6) is 1.84. The number of imidazole rings is 1. The molecule has 0 saturated carbocycles. The van der Waals surface area contributed by atoms with E-state index in [1.807, 2.05) is 48.7 Å². The molecule has 0 radical (unpaired) electrons. The summed E-state index contributed by atoms with van der Waals surface area (Å²) in [4.78, 5) is 20.9. The molecule has 0 aliphatic carbocycles. The van der Waals surface area contributed by atoms with Gasteiger partial charge in [-0.2, -0.15) is 0 Å². The fourth-order valence-electron chi connectivity index (χ4n) is 3.69. The molecule has 6 heteroatoms. The molecule has 0 fully saturated rings. The average Bonchev–Trinajstić information content (AvgIpc) is 3.11. The van der Waals surface area contributed by atoms with E-state index < -0.39 is 0 Å². The van der Waals surface area contributed by atoms with Gasteiger partial charge in [-0.25, -0.2) is 9.97 Å². The van der Waals surface area contributed by atoms with Gasteiger partial charge >= 0.3 is 0 Å². The SMILES string of the molecule is C=C(Nc1ccccc1C)c1nc(C(CC)CC[C@H](C)C(C)=O)n2ccnc(N)c12. The molecular weight excluding hydrogens is 374 g/mol. The first-order valence-electron chi connectivity index (χ1n) is 10.5. The predicted molar refractivity (Wildman–Crippen MR) is 123 cm³/mol. The molecule has 3 rings (SSSR count). The molecule has 6 nitrogen and oxygen atoms in total. The molecule has 1 unspecified atom stereocenters. The number of carbonyl (C=O) groups is 1. The number of Topliss-reactive ketones (excluding diaryl/α,β-unsaturated/α-hetero) is 1. The number of fused-ring (bicyclic) bond motifs is 1. The Morgan fingerprint density at radius 1 is 1.30 bits per heavy atom. The van der Waals surface area contributed by atoms with Crippen LogP contribution in [0.25, 0.3) is 11.2 Å². The van der Waals surface area contributed by atoms with Crippen LogP contribution in [0.2, 0.25) is 0 Å². The highest BCUT2D eigenvalue weighted by Gasteiger charge is 2.23. The number of ketones is 1. The third-order valence-electron chi connectivity index (χ3n) is 5.83. The molecule has 0 aliphatic heterocycles. The monoisotopic (exact) mass is 405 g/mol. The van der Waals surface area contributed by atoms with Crippen molar-refractivity contribution in [1.29, 1.82) is 0 Å². The van der Waals surface area contributed by atoms with Gasteiger partial charge in [0.05, 0.1) is 5.70 Å². The molecule has 0 spiro atoms. The maximum absolute atomic E-state index is 11.7. The summed E-state index contributed by atoms with van der Waals surface area (Å²) < 4.78 is 2.02. The molecule has 2 aromatic heterocycles. The molecule has 158 valence electrons. The van der Waals surface area contributed by atoms with Crippen LogP contribution in [0.1, 0.15) is 63.0 Å². The first-order valence-corrected chi connectivity index (χ1v) is 10.5. The fraction of sp³-hybridized carbons (Fsp3) is 0.375. The van der Waals surface area contributed by atoms with E-state index in [0.29, 0.717) is 17.2 Å². The maximum atomic E-state index is 11.7. The molecule has 1 aromatic carbocycles. The van der Waals surface area contributed by atoms with Gasteiger partial charge in [-0.15, -0.1) is 0 Å². The second-order valence-electron chi connectivity index (χ2n) is 7.96. The quantitative estimate of drug-likeness (QED) is 0.511. The number of hydrogen-bond donors (Lipinski definition) is 2. The Bertz CT molecular complexity index is 1070. The Hall–Kier alpha value is -3.15. The maximum Gasteiger partial charge on any atom is 0.150 e. The van der Waals surface area contributed by atoms with Crippen LogP contribution in [-0.4, -0.2) is 20.2 Å². The van der Waals surface area contributed by atoms with Crippen molar-refractivity contribution in [3.63, 3.8) is 0 Å². The number of aryl methyl sites for hydroxylation is 1. The minimum Gasteiger partial charge on any atom is -0.382 e. The number of para-hydroxylation sites is 1. The standard InChI is InChI=1S/C24H31N5O/c1-6-19(12-11-15(2)18(5)30)24-28-21(22-23(25)26-13-14-29(22)24)17(4)27-20-10-8-7-9-16(20)3/h7-10,13-15,19,27H,4,6,11-12H2,1-3,5H3,(H2,25,26)/t15-,19?/m0/s1. The minimum atomic E-state index is 0.0502. The van der Waals surface area contributed by atoms with Gasteiger partial charge in [-0.05, 0) is 44.7 Å². The van der Waals surface area contributed by atoms with E-state index in [1.54, 1.807) is 13.1 Å². The number of nitrogens with zero attached hydrogens (tertiary/aromatic N) is 3. The molecule has 3 aromatic rings. The van der Waals surface area contributed by atoms with Crippen LogP contribution in [0.5, 0.6) is 0 Å². The number of nitrogen functional groups attached to an aromatic ring is 1. The van der Waals surface area contributed by atoms with Crippen LogP contribution in [0.4, 0.5) is 11.5 Å². The van der Waals surface area contributed by atoms with Crippen molar-refractivity contribution >= 4 is 28.5 Å². The third kappa shape index (κ3) is 4.37. The first kappa shape index (κ1) is 21.6. The van der Waals surface area contributed by atoms with Crippen molar-refractivity contribution in [3.05, 3.63) is 60.3 Å². The van der Waals surface area contributed by atoms with Gasteiger partial charge in [0.25, 0.3) is 0 Å². The number of nitrogens with two attached hydrogens (primary N) is 1. The largest absolute Gasteiger partial charge is 0.382 e. The third-order valence-corrected chi connectivity index (χ3v) is 5.83. The first-order chi connectivity index (χ1) is 14.3. The second kappa shape index (κ2) is 9.11. The molecule has 30 heavy (non-hydrogen) atoms. The van der Waals surface area contributed by atoms with Crippen LogP contribution in [0.15, 0.2) is 43.2 Å². The molecule has 0 bridgehead atoms. The number of aromatic nitrogens is 3. The number of hydrogen-bond acceptors (Lipinski definition) is 5. The molecule has 0 saturated heterocycles. The molecule has 2 heterocycles. The highest BCUT2D eigenvalue weighted by molar-refractivity contribution is 5.87. The van der Waals surface area contributed by atoms with Crippen molar-refractivity contribution in [3.8, 4) is 0 Å². The molecule has 2 atom stereocenters. The van der Waals surface area contributed by atoms with Gasteiger partial charge in [0.15, 0.2) is 0 Å². The van der Waals surface area contributed by atoms with E-state index in [0.717, 1.165) is 41.9 Å². The van der Waals surface area contributed by atoms with Crippen molar-refractivity contribution in [2.45, 2.75) is 52.9 Å². The lowest BCUT2D eigenvalue weighted by Gasteiger charge is -2.16. The fourth-order valence-corrected chi connectivity index (χ4v) is 3.69. The van der Waals surface area contributed by atoms with Gasteiger partial charge in [-0.3, -0.25) is 9.20 Å². The zero-order chi connectivity index (χ0) is 21.8. The van der Waals surface area contributed by atoms with Crippen LogP contribution in [0.3, 0.4) is 0 Å². The molecule has 0 amide bonds. The molecule has 0 aliphatic rings. The number of anilines is 2. The van der Waals surface area contributed by atoms with Crippen molar-refractivity contribution in [1.82, 2.24) is 14.4 Å². The highest BCUT2D eigenvalue weighted by Crippen LogP contribution is 2.32. The Morgan fingerprint density at radius 3 is 2.70 bits per heavy atom. The zero-order valence-corrected chi connectivity index (χ0v) is 18.3. The Kier molecular flexibility index (Phi) is 6.55. The van der Waals surface area contributed by atoms with Crippen molar-refractivity contribution in [2.24, 2.45) is 5.92 Å². The molecular formula is C24H31N5O. The lowest BCUT2D eigenvalue weighted by Crippen LogP contribution is -2.10. The van der Waals surface area contributed by atoms with E-state index in [-0.39, 0.29) is 17.6 Å². The van der Waals surface area contributed by atoms with Crippen LogP contribution in [0, 0.1) is 12.8 Å². The Morgan fingerprint density at radius 2 is 2.03 bits per heavy atom. The lowest BCUT2D eigenvalue weighted by atomic mass is 9.92. The smallest absolute Gasteiger partial charge is 0.150 e. The number of carbonyl (C=O) groups excluding carboxylic acids is 1. The van der Waals surface area contributed by atoms with Gasteiger partial charge in [0.2, 0.25) is 0 Å². The summed E-state index contributed by atoms with van der Waals surface area (Å²) in [6.07, 6.45) is 6.23. The number of nitrogens with one attached hydrogen (secondary N) is 1. The molecule has 3 N–H and O–H groups in total. The highest BCUT2D eigenvalue weighted by atomic mass is 16.1. The Balaban J connectivity index is 1.99. The average molecular weight is 406 g/mol. The zero-order valence-electron chi connectivity index (χ0n) is 18.3. The van der Waals surface area contributed by atoms with E-state index >= 15 is 0 Å². The Labute approximate surface area is 178 Å². The summed E-state index contributed by atoms with van der Waals surface area (Å²) in [5, 5.41) is 3.38. The van der Waals surface area contributed by atoms with Gasteiger partial charge in [-0.1, -0.05) is 38.6 Å². The van der Waals surface area contributed by atoms with Gasteiger partial charge < -0.3 is 11.1 Å². The van der Waals surface area contributed by atoms with E-state index in [1.165, 1.54) is 0 Å². The second-order valence-corrected chi connectivity index (χ2v) is 7.96. The minimum absolute atomic E-state index is 0.0502. The van der Waals surface area contributed by atoms with Crippen molar-refractivity contribution in [2.75, 3.05) is 11.1 Å². The summed E-state index contributed by atoms with van der Waals surface area (Å²) in [6, 6.07) is 8.05. The van der Waals surface area contributed by atoms with Crippen LogP contribution < -0.4 is 11.1 Å². The van der Waals surface area contributed by atoms with Gasteiger partial charge in [0.1, 0.15) is 28.6 Å². The summed E-state index contributed by atoms with van der Waals surface area (Å²) in [5.41, 5.74) is 10.5. The normalized spacial score (nSPS) is 13.2. The number of benzene rings is 1. The summed E-state index contributed by atoms with van der Waals surface area (Å²) in [7, 11) is 0. The van der Waals surface area contributed by atoms with E-state index in [2.05, 4.69) is 23.8 Å². The summed E-state index contributed by atoms with van der Waals surface area (Å²) in [6.45, 7) is 12.1. The van der Waals surface area contributed by atoms with E-state index in [4.69, 9.17) is 10.7 Å². The van der Waals surface area contributed by atoms with Crippen molar-refractivity contribution < 1.29 is 4.79 Å². The summed E-state index contributed by atoms with van der Waals surface area (Å²) >= 11 is 0. The lowest BCUT2D eigenvalue weighted by molar-refractivity contribution is -0.120. The topological polar surface area (TPSA) is 85.3 Å². The predicted octanol–water partition coefficient (Wildman–Crippen LogP) is 5.20. The number of rotatable bonds is 9. The van der Waals surface area contributed by atoms with Crippen LogP contribution in [-0.2, 0) is 4.79 Å². The van der Waals surface area contributed by atoms with Crippen LogP contribution >= 0.6 is 0 Å². The van der Waals surface area contributed by atoms with E-state index in [9.17, 15) is 4.79 Å². The van der Waals surface area contributed by atoms with Gasteiger partial charge in [0, 0.05) is 29.9 Å².